The standard InChI is InChI=1S/C20H19OP/c1-14-11-12-15(13-20(14)22)16-7-3-4-8-17(16)18-9-5-6-10-19(18)21-2/h3-13H,22H2,1-2H3. The minimum atomic E-state index is 0.896. The van der Waals surface area contributed by atoms with E-state index >= 15 is 0 Å². The molecule has 0 spiro atoms. The summed E-state index contributed by atoms with van der Waals surface area (Å²) in [5, 5.41) is 1.23. The Morgan fingerprint density at radius 1 is 0.773 bits per heavy atom. The van der Waals surface area contributed by atoms with Gasteiger partial charge in [-0.2, -0.15) is 0 Å². The molecule has 0 aliphatic heterocycles. The van der Waals surface area contributed by atoms with E-state index in [1.165, 1.54) is 27.6 Å². The fourth-order valence-corrected chi connectivity index (χ4v) is 2.92. The van der Waals surface area contributed by atoms with E-state index in [0.717, 1.165) is 11.3 Å². The lowest BCUT2D eigenvalue weighted by molar-refractivity contribution is 0.416. The quantitative estimate of drug-likeness (QED) is 0.629. The van der Waals surface area contributed by atoms with Gasteiger partial charge < -0.3 is 4.74 Å². The largest absolute Gasteiger partial charge is 0.496 e. The molecular formula is C20H19OP. The molecule has 22 heavy (non-hydrogen) atoms. The molecule has 3 aromatic rings. The summed E-state index contributed by atoms with van der Waals surface area (Å²) in [6.07, 6.45) is 0. The molecule has 0 N–H and O–H groups in total. The second-order valence-corrected chi connectivity index (χ2v) is 5.94. The summed E-state index contributed by atoms with van der Waals surface area (Å²) in [6.45, 7) is 2.12. The topological polar surface area (TPSA) is 9.23 Å². The van der Waals surface area contributed by atoms with Gasteiger partial charge in [-0.15, -0.1) is 9.24 Å². The Balaban J connectivity index is 2.20. The molecule has 1 atom stereocenters. The molecule has 3 aromatic carbocycles. The number of methoxy groups -OCH3 is 1. The average Bonchev–Trinajstić information content (AvgIpc) is 2.57. The van der Waals surface area contributed by atoms with Crippen LogP contribution in [-0.2, 0) is 0 Å². The van der Waals surface area contributed by atoms with Crippen LogP contribution in [0.25, 0.3) is 22.3 Å². The van der Waals surface area contributed by atoms with Crippen molar-refractivity contribution in [1.29, 1.82) is 0 Å². The highest BCUT2D eigenvalue weighted by atomic mass is 31.0. The second kappa shape index (κ2) is 6.34. The SMILES string of the molecule is COc1ccccc1-c1ccccc1-c1ccc(C)c(P)c1. The van der Waals surface area contributed by atoms with Crippen LogP contribution in [0.1, 0.15) is 5.56 Å². The van der Waals surface area contributed by atoms with Crippen LogP contribution >= 0.6 is 9.24 Å². The van der Waals surface area contributed by atoms with Crippen molar-refractivity contribution in [2.24, 2.45) is 0 Å². The number of benzene rings is 3. The normalized spacial score (nSPS) is 10.5. The van der Waals surface area contributed by atoms with Gasteiger partial charge in [-0.05, 0) is 46.6 Å². The van der Waals surface area contributed by atoms with Gasteiger partial charge in [0.05, 0.1) is 7.11 Å². The molecule has 2 heteroatoms. The minimum absolute atomic E-state index is 0.896. The zero-order valence-electron chi connectivity index (χ0n) is 12.8. The maximum Gasteiger partial charge on any atom is 0.126 e. The van der Waals surface area contributed by atoms with Crippen LogP contribution in [0.3, 0.4) is 0 Å². The molecule has 0 aromatic heterocycles. The van der Waals surface area contributed by atoms with E-state index in [4.69, 9.17) is 4.74 Å². The van der Waals surface area contributed by atoms with Crippen LogP contribution in [0.2, 0.25) is 0 Å². The van der Waals surface area contributed by atoms with Crippen LogP contribution in [0, 0.1) is 6.92 Å². The molecule has 110 valence electrons. The number of rotatable bonds is 3. The first-order chi connectivity index (χ1) is 10.7. The summed E-state index contributed by atoms with van der Waals surface area (Å²) >= 11 is 0. The van der Waals surface area contributed by atoms with Gasteiger partial charge in [0.2, 0.25) is 0 Å². The van der Waals surface area contributed by atoms with Crippen LogP contribution in [0.4, 0.5) is 0 Å². The van der Waals surface area contributed by atoms with Gasteiger partial charge in [-0.1, -0.05) is 54.6 Å². The Hall–Kier alpha value is -2.11. The first kappa shape index (κ1) is 14.8. The molecule has 1 unspecified atom stereocenters. The molecule has 1 nitrogen and oxygen atoms in total. The minimum Gasteiger partial charge on any atom is -0.496 e. The van der Waals surface area contributed by atoms with Gasteiger partial charge in [0.25, 0.3) is 0 Å². The van der Waals surface area contributed by atoms with Crippen molar-refractivity contribution in [2.75, 3.05) is 7.11 Å². The van der Waals surface area contributed by atoms with E-state index in [9.17, 15) is 0 Å². The highest BCUT2D eigenvalue weighted by Crippen LogP contribution is 2.36. The third kappa shape index (κ3) is 2.77. The summed E-state index contributed by atoms with van der Waals surface area (Å²) < 4.78 is 5.53. The zero-order chi connectivity index (χ0) is 15.5. The van der Waals surface area contributed by atoms with Gasteiger partial charge in [0.15, 0.2) is 0 Å². The van der Waals surface area contributed by atoms with Crippen molar-refractivity contribution in [2.45, 2.75) is 6.92 Å². The van der Waals surface area contributed by atoms with Crippen LogP contribution in [0.15, 0.2) is 66.7 Å². The van der Waals surface area contributed by atoms with Crippen molar-refractivity contribution in [3.63, 3.8) is 0 Å². The van der Waals surface area contributed by atoms with E-state index in [1.54, 1.807) is 7.11 Å². The van der Waals surface area contributed by atoms with Crippen molar-refractivity contribution in [3.05, 3.63) is 72.3 Å². The Kier molecular flexibility index (Phi) is 4.27. The first-order valence-corrected chi connectivity index (χ1v) is 7.87. The molecule has 0 saturated heterocycles. The van der Waals surface area contributed by atoms with Gasteiger partial charge in [0.1, 0.15) is 5.75 Å². The predicted octanol–water partition coefficient (Wildman–Crippen LogP) is 4.84. The van der Waals surface area contributed by atoms with Gasteiger partial charge in [0, 0.05) is 5.56 Å². The number of aryl methyl sites for hydroxylation is 1. The number of ether oxygens (including phenoxy) is 1. The van der Waals surface area contributed by atoms with Gasteiger partial charge >= 0.3 is 0 Å². The number of hydrogen-bond acceptors (Lipinski definition) is 1. The molecule has 0 fully saturated rings. The van der Waals surface area contributed by atoms with Crippen LogP contribution < -0.4 is 10.0 Å². The molecule has 3 rings (SSSR count). The molecule has 0 bridgehead atoms. The average molecular weight is 306 g/mol. The lowest BCUT2D eigenvalue weighted by Gasteiger charge is -2.14. The first-order valence-electron chi connectivity index (χ1n) is 7.29. The van der Waals surface area contributed by atoms with E-state index in [2.05, 4.69) is 64.7 Å². The molecule has 0 radical (unpaired) electrons. The summed E-state index contributed by atoms with van der Waals surface area (Å²) in [6, 6.07) is 23.2. The fraction of sp³-hybridized carbons (Fsp3) is 0.100. The van der Waals surface area contributed by atoms with Crippen molar-refractivity contribution in [3.8, 4) is 28.0 Å². The Morgan fingerprint density at radius 2 is 1.41 bits per heavy atom. The lowest BCUT2D eigenvalue weighted by Crippen LogP contribution is -1.97. The smallest absolute Gasteiger partial charge is 0.126 e. The molecule has 0 saturated carbocycles. The van der Waals surface area contributed by atoms with Crippen LogP contribution in [0.5, 0.6) is 5.75 Å². The van der Waals surface area contributed by atoms with E-state index < -0.39 is 0 Å². The van der Waals surface area contributed by atoms with E-state index in [0.29, 0.717) is 0 Å². The third-order valence-electron chi connectivity index (χ3n) is 3.91. The lowest BCUT2D eigenvalue weighted by atomic mass is 9.93. The summed E-state index contributed by atoms with van der Waals surface area (Å²) in [7, 11) is 4.53. The maximum absolute atomic E-state index is 5.53. The highest BCUT2D eigenvalue weighted by molar-refractivity contribution is 7.27. The molecule has 0 aliphatic rings. The number of hydrogen-bond donors (Lipinski definition) is 0. The predicted molar refractivity (Wildman–Crippen MR) is 97.9 cm³/mol. The van der Waals surface area contributed by atoms with Crippen molar-refractivity contribution < 1.29 is 4.74 Å². The van der Waals surface area contributed by atoms with E-state index in [1.807, 2.05) is 18.2 Å². The van der Waals surface area contributed by atoms with E-state index in [-0.39, 0.29) is 0 Å². The summed E-state index contributed by atoms with van der Waals surface area (Å²) in [5.74, 6) is 0.896. The molecule has 0 aliphatic carbocycles. The molecule has 0 heterocycles. The van der Waals surface area contributed by atoms with Gasteiger partial charge in [-0.3, -0.25) is 0 Å². The Morgan fingerprint density at radius 3 is 2.09 bits per heavy atom. The van der Waals surface area contributed by atoms with Crippen LogP contribution in [-0.4, -0.2) is 7.11 Å². The fourth-order valence-electron chi connectivity index (χ4n) is 2.64. The third-order valence-corrected chi connectivity index (χ3v) is 4.54. The second-order valence-electron chi connectivity index (χ2n) is 5.32. The molecular weight excluding hydrogens is 287 g/mol. The molecule has 0 amide bonds. The van der Waals surface area contributed by atoms with Crippen molar-refractivity contribution >= 4 is 14.5 Å². The summed E-state index contributed by atoms with van der Waals surface area (Å²) in [5.41, 5.74) is 6.02. The highest BCUT2D eigenvalue weighted by Gasteiger charge is 2.11. The summed E-state index contributed by atoms with van der Waals surface area (Å²) in [4.78, 5) is 0. The zero-order valence-corrected chi connectivity index (χ0v) is 14.0. The van der Waals surface area contributed by atoms with Crippen molar-refractivity contribution in [1.82, 2.24) is 0 Å². The number of para-hydroxylation sites is 1. The Labute approximate surface area is 134 Å². The monoisotopic (exact) mass is 306 g/mol. The maximum atomic E-state index is 5.53. The van der Waals surface area contributed by atoms with Gasteiger partial charge in [-0.25, -0.2) is 0 Å². The Bertz CT molecular complexity index is 808.